The van der Waals surface area contributed by atoms with Crippen LogP contribution in [0.1, 0.15) is 16.2 Å². The average Bonchev–Trinajstić information content (AvgIpc) is 3.22. The SMILES string of the molecule is O=C(NCCc1ccco1)c1nn(-c2ccccc2)c(=O)c2ccccc12. The maximum atomic E-state index is 12.8. The number of carbonyl (C=O) groups is 1. The number of aromatic nitrogens is 2. The van der Waals surface area contributed by atoms with Crippen LogP contribution in [0.15, 0.2) is 82.2 Å². The van der Waals surface area contributed by atoms with Gasteiger partial charge in [0.25, 0.3) is 11.5 Å². The number of nitrogens with zero attached hydrogens (tertiary/aromatic N) is 2. The predicted octanol–water partition coefficient (Wildman–Crippen LogP) is 2.95. The molecule has 4 aromatic rings. The number of para-hydroxylation sites is 1. The van der Waals surface area contributed by atoms with Crippen molar-refractivity contribution in [3.63, 3.8) is 0 Å². The van der Waals surface area contributed by atoms with Crippen LogP contribution in [-0.2, 0) is 6.42 Å². The number of hydrogen-bond acceptors (Lipinski definition) is 4. The fourth-order valence-electron chi connectivity index (χ4n) is 2.94. The van der Waals surface area contributed by atoms with E-state index in [1.165, 1.54) is 4.68 Å². The fourth-order valence-corrected chi connectivity index (χ4v) is 2.94. The quantitative estimate of drug-likeness (QED) is 0.594. The molecule has 0 saturated heterocycles. The average molecular weight is 359 g/mol. The van der Waals surface area contributed by atoms with Gasteiger partial charge in [-0.15, -0.1) is 0 Å². The first-order valence-corrected chi connectivity index (χ1v) is 8.62. The van der Waals surface area contributed by atoms with Gasteiger partial charge in [-0.3, -0.25) is 9.59 Å². The van der Waals surface area contributed by atoms with Gasteiger partial charge in [-0.2, -0.15) is 9.78 Å². The zero-order valence-electron chi connectivity index (χ0n) is 14.5. The summed E-state index contributed by atoms with van der Waals surface area (Å²) >= 11 is 0. The summed E-state index contributed by atoms with van der Waals surface area (Å²) in [6, 6.07) is 19.7. The zero-order valence-corrected chi connectivity index (χ0v) is 14.5. The maximum absolute atomic E-state index is 12.8. The summed E-state index contributed by atoms with van der Waals surface area (Å²) in [5, 5.41) is 8.19. The molecule has 2 heterocycles. The van der Waals surface area contributed by atoms with E-state index in [0.717, 1.165) is 5.76 Å². The third-order valence-corrected chi connectivity index (χ3v) is 4.26. The van der Waals surface area contributed by atoms with Crippen molar-refractivity contribution >= 4 is 16.7 Å². The Morgan fingerprint density at radius 2 is 1.70 bits per heavy atom. The summed E-state index contributed by atoms with van der Waals surface area (Å²) in [7, 11) is 0. The maximum Gasteiger partial charge on any atom is 0.279 e. The summed E-state index contributed by atoms with van der Waals surface area (Å²) in [4.78, 5) is 25.6. The molecule has 0 spiro atoms. The van der Waals surface area contributed by atoms with E-state index in [1.807, 2.05) is 30.3 Å². The summed E-state index contributed by atoms with van der Waals surface area (Å²) in [6.45, 7) is 0.410. The molecule has 27 heavy (non-hydrogen) atoms. The van der Waals surface area contributed by atoms with Gasteiger partial charge in [0, 0.05) is 18.4 Å². The van der Waals surface area contributed by atoms with Gasteiger partial charge in [0.1, 0.15) is 5.76 Å². The molecule has 6 heteroatoms. The smallest absolute Gasteiger partial charge is 0.279 e. The second kappa shape index (κ2) is 7.29. The molecule has 1 N–H and O–H groups in total. The predicted molar refractivity (Wildman–Crippen MR) is 102 cm³/mol. The van der Waals surface area contributed by atoms with Gasteiger partial charge in [0.2, 0.25) is 0 Å². The summed E-state index contributed by atoms with van der Waals surface area (Å²) in [5.74, 6) is 0.463. The van der Waals surface area contributed by atoms with E-state index >= 15 is 0 Å². The lowest BCUT2D eigenvalue weighted by atomic mass is 10.1. The highest BCUT2D eigenvalue weighted by molar-refractivity contribution is 6.04. The highest BCUT2D eigenvalue weighted by Gasteiger charge is 2.17. The molecule has 1 amide bonds. The standard InChI is InChI=1S/C21H17N3O3/c25-20(22-13-12-16-9-6-14-27-16)19-17-10-4-5-11-18(17)21(26)24(23-19)15-7-2-1-3-8-15/h1-11,14H,12-13H2,(H,22,25). The van der Waals surface area contributed by atoms with Crippen molar-refractivity contribution in [2.45, 2.75) is 6.42 Å². The first-order chi connectivity index (χ1) is 13.2. The Kier molecular flexibility index (Phi) is 4.53. The lowest BCUT2D eigenvalue weighted by molar-refractivity contribution is 0.0949. The van der Waals surface area contributed by atoms with Crippen molar-refractivity contribution in [1.29, 1.82) is 0 Å². The third kappa shape index (κ3) is 3.37. The number of hydrogen-bond donors (Lipinski definition) is 1. The number of rotatable bonds is 5. The zero-order chi connectivity index (χ0) is 18.6. The van der Waals surface area contributed by atoms with Crippen molar-refractivity contribution in [1.82, 2.24) is 15.1 Å². The van der Waals surface area contributed by atoms with Crippen LogP contribution in [0.2, 0.25) is 0 Å². The van der Waals surface area contributed by atoms with Crippen molar-refractivity contribution in [2.75, 3.05) is 6.54 Å². The molecule has 0 bridgehead atoms. The molecule has 0 saturated carbocycles. The van der Waals surface area contributed by atoms with E-state index < -0.39 is 0 Å². The molecule has 0 radical (unpaired) electrons. The first-order valence-electron chi connectivity index (χ1n) is 8.62. The van der Waals surface area contributed by atoms with E-state index in [9.17, 15) is 9.59 Å². The van der Waals surface area contributed by atoms with Crippen LogP contribution in [0.3, 0.4) is 0 Å². The lowest BCUT2D eigenvalue weighted by Crippen LogP contribution is -2.31. The minimum Gasteiger partial charge on any atom is -0.469 e. The Morgan fingerprint density at radius 3 is 2.44 bits per heavy atom. The Labute approximate surface area is 155 Å². The fraction of sp³-hybridized carbons (Fsp3) is 0.0952. The van der Waals surface area contributed by atoms with Crippen molar-refractivity contribution in [3.05, 3.63) is 94.8 Å². The molecule has 0 aliphatic rings. The van der Waals surface area contributed by atoms with E-state index in [-0.39, 0.29) is 17.2 Å². The van der Waals surface area contributed by atoms with Crippen LogP contribution in [0.5, 0.6) is 0 Å². The van der Waals surface area contributed by atoms with Gasteiger partial charge < -0.3 is 9.73 Å². The highest BCUT2D eigenvalue weighted by Crippen LogP contribution is 2.15. The van der Waals surface area contributed by atoms with Crippen LogP contribution in [0.25, 0.3) is 16.5 Å². The first kappa shape index (κ1) is 16.8. The molecule has 0 fully saturated rings. The van der Waals surface area contributed by atoms with Crippen molar-refractivity contribution < 1.29 is 9.21 Å². The summed E-state index contributed by atoms with van der Waals surface area (Å²) < 4.78 is 6.54. The molecule has 4 rings (SSSR count). The minimum atomic E-state index is -0.331. The molecular formula is C21H17N3O3. The Balaban J connectivity index is 1.71. The Hall–Kier alpha value is -3.67. The number of nitrogens with one attached hydrogen (secondary N) is 1. The van der Waals surface area contributed by atoms with Crippen LogP contribution in [-0.4, -0.2) is 22.2 Å². The second-order valence-corrected chi connectivity index (χ2v) is 6.03. The van der Waals surface area contributed by atoms with Crippen molar-refractivity contribution in [2.24, 2.45) is 0 Å². The van der Waals surface area contributed by atoms with E-state index in [2.05, 4.69) is 10.4 Å². The number of carbonyl (C=O) groups excluding carboxylic acids is 1. The van der Waals surface area contributed by atoms with Crippen LogP contribution in [0.4, 0.5) is 0 Å². The van der Waals surface area contributed by atoms with Gasteiger partial charge in [0.05, 0.1) is 17.3 Å². The van der Waals surface area contributed by atoms with E-state index in [0.29, 0.717) is 29.4 Å². The van der Waals surface area contributed by atoms with Gasteiger partial charge >= 0.3 is 0 Å². The topological polar surface area (TPSA) is 77.1 Å². The molecule has 6 nitrogen and oxygen atoms in total. The van der Waals surface area contributed by atoms with Gasteiger partial charge in [-0.25, -0.2) is 0 Å². The van der Waals surface area contributed by atoms with Crippen molar-refractivity contribution in [3.8, 4) is 5.69 Å². The lowest BCUT2D eigenvalue weighted by Gasteiger charge is -2.11. The second-order valence-electron chi connectivity index (χ2n) is 6.03. The monoisotopic (exact) mass is 359 g/mol. The summed E-state index contributed by atoms with van der Waals surface area (Å²) in [6.07, 6.45) is 2.18. The van der Waals surface area contributed by atoms with E-state index in [4.69, 9.17) is 4.42 Å². The molecule has 0 aliphatic carbocycles. The normalized spacial score (nSPS) is 10.8. The Morgan fingerprint density at radius 1 is 0.963 bits per heavy atom. The van der Waals surface area contributed by atoms with E-state index in [1.54, 1.807) is 42.7 Å². The minimum absolute atomic E-state index is 0.216. The molecule has 134 valence electrons. The number of benzene rings is 2. The number of furan rings is 1. The molecule has 0 atom stereocenters. The molecule has 0 aliphatic heterocycles. The molecule has 2 aromatic carbocycles. The molecule has 2 aromatic heterocycles. The van der Waals surface area contributed by atoms with Gasteiger partial charge in [-0.1, -0.05) is 36.4 Å². The molecular weight excluding hydrogens is 342 g/mol. The Bertz CT molecular complexity index is 1130. The number of amides is 1. The van der Waals surface area contributed by atoms with Gasteiger partial charge in [0.15, 0.2) is 5.69 Å². The van der Waals surface area contributed by atoms with Crippen LogP contribution < -0.4 is 10.9 Å². The third-order valence-electron chi connectivity index (χ3n) is 4.26. The summed E-state index contributed by atoms with van der Waals surface area (Å²) in [5.41, 5.74) is 0.565. The number of fused-ring (bicyclic) bond motifs is 1. The van der Waals surface area contributed by atoms with Gasteiger partial charge in [-0.05, 0) is 30.3 Å². The largest absolute Gasteiger partial charge is 0.469 e. The van der Waals surface area contributed by atoms with Crippen LogP contribution >= 0.6 is 0 Å². The highest BCUT2D eigenvalue weighted by atomic mass is 16.3. The molecule has 0 unspecified atom stereocenters. The van der Waals surface area contributed by atoms with Crippen LogP contribution in [0, 0.1) is 0 Å².